The zero-order chi connectivity index (χ0) is 16.1. The molecule has 2 atom stereocenters. The molecule has 1 aromatic rings. The van der Waals surface area contributed by atoms with Crippen molar-refractivity contribution < 1.29 is 22.5 Å². The molecule has 9 nitrogen and oxygen atoms in total. The van der Waals surface area contributed by atoms with Crippen LogP contribution >= 0.6 is 11.6 Å². The van der Waals surface area contributed by atoms with E-state index in [4.69, 9.17) is 15.8 Å². The van der Waals surface area contributed by atoms with Crippen molar-refractivity contribution in [2.24, 2.45) is 0 Å². The minimum absolute atomic E-state index is 0.136. The molecule has 1 amide bonds. The largest absolute Gasteiger partial charge is 0.465 e. The first-order chi connectivity index (χ1) is 10.2. The number of hydrogen-bond acceptors (Lipinski definition) is 7. The third kappa shape index (κ3) is 2.81. The van der Waals surface area contributed by atoms with Crippen LogP contribution in [0.4, 0.5) is 16.3 Å². The number of carboxylic acid groups (broad SMARTS) is 1. The molecule has 2 aliphatic heterocycles. The molecule has 1 saturated heterocycles. The summed E-state index contributed by atoms with van der Waals surface area (Å²) in [6.45, 7) is 0.489. The van der Waals surface area contributed by atoms with Gasteiger partial charge < -0.3 is 10.0 Å². The molecular weight excluding hydrogens is 336 g/mol. The number of hydrogen-bond donors (Lipinski definition) is 1. The van der Waals surface area contributed by atoms with E-state index in [0.29, 0.717) is 18.7 Å². The maximum atomic E-state index is 11.4. The quantitative estimate of drug-likeness (QED) is 0.771. The lowest BCUT2D eigenvalue weighted by molar-refractivity contribution is 0.199. The molecule has 120 valence electrons. The van der Waals surface area contributed by atoms with Gasteiger partial charge in [-0.2, -0.15) is 8.42 Å². The average molecular weight is 349 g/mol. The molecule has 0 aliphatic carbocycles. The summed E-state index contributed by atoms with van der Waals surface area (Å²) in [5.41, 5.74) is 0.512. The maximum Gasteiger partial charge on any atom is 0.413 e. The Hall–Kier alpha value is -1.65. The molecule has 0 radical (unpaired) electrons. The van der Waals surface area contributed by atoms with Crippen molar-refractivity contribution in [3.05, 3.63) is 11.2 Å². The third-order valence-corrected chi connectivity index (χ3v) is 4.41. The summed E-state index contributed by atoms with van der Waals surface area (Å²) < 4.78 is 27.6. The highest BCUT2D eigenvalue weighted by Crippen LogP contribution is 2.39. The maximum absolute atomic E-state index is 11.4. The molecule has 0 unspecified atom stereocenters. The van der Waals surface area contributed by atoms with Crippen LogP contribution in [0.25, 0.3) is 0 Å². The molecule has 3 heterocycles. The van der Waals surface area contributed by atoms with Crippen LogP contribution in [0.2, 0.25) is 5.15 Å². The number of carbonyl (C=O) groups is 1. The van der Waals surface area contributed by atoms with Crippen LogP contribution in [-0.2, 0) is 14.3 Å². The third-order valence-electron chi connectivity index (χ3n) is 3.60. The molecule has 22 heavy (non-hydrogen) atoms. The van der Waals surface area contributed by atoms with Crippen LogP contribution in [-0.4, -0.2) is 61.3 Å². The minimum Gasteiger partial charge on any atom is -0.465 e. The Morgan fingerprint density at radius 3 is 2.82 bits per heavy atom. The zero-order valence-corrected chi connectivity index (χ0v) is 13.1. The van der Waals surface area contributed by atoms with Gasteiger partial charge in [-0.05, 0) is 6.42 Å². The van der Waals surface area contributed by atoms with Crippen LogP contribution < -0.4 is 9.80 Å². The molecule has 3 rings (SSSR count). The standard InChI is InChI=1S/C11H13ClN4O5S/c1-22(19,20)21-7-2-6-4-16(11(17)18)10-8(15(6)5-7)3-9(12)13-14-10/h3,6-7H,2,4-5H2,1H3,(H,17,18)/t6-,7+/m1/s1. The molecule has 0 bridgehead atoms. The first-order valence-corrected chi connectivity index (χ1v) is 8.62. The summed E-state index contributed by atoms with van der Waals surface area (Å²) in [4.78, 5) is 14.3. The van der Waals surface area contributed by atoms with Crippen LogP contribution in [0.3, 0.4) is 0 Å². The second-order valence-corrected chi connectivity index (χ2v) is 7.22. The Morgan fingerprint density at radius 1 is 1.45 bits per heavy atom. The fraction of sp³-hybridized carbons (Fsp3) is 0.545. The summed E-state index contributed by atoms with van der Waals surface area (Å²) >= 11 is 5.84. The summed E-state index contributed by atoms with van der Waals surface area (Å²) in [7, 11) is -3.58. The smallest absolute Gasteiger partial charge is 0.413 e. The highest BCUT2D eigenvalue weighted by molar-refractivity contribution is 7.86. The van der Waals surface area contributed by atoms with E-state index in [0.717, 1.165) is 11.2 Å². The van der Waals surface area contributed by atoms with Gasteiger partial charge in [0.1, 0.15) is 0 Å². The van der Waals surface area contributed by atoms with Gasteiger partial charge in [0.05, 0.1) is 30.6 Å². The van der Waals surface area contributed by atoms with E-state index in [-0.39, 0.29) is 23.6 Å². The van der Waals surface area contributed by atoms with E-state index in [1.807, 2.05) is 4.90 Å². The number of amides is 1. The van der Waals surface area contributed by atoms with Crippen molar-refractivity contribution in [1.29, 1.82) is 0 Å². The van der Waals surface area contributed by atoms with Crippen LogP contribution in [0.15, 0.2) is 6.07 Å². The predicted molar refractivity (Wildman–Crippen MR) is 77.9 cm³/mol. The molecule has 1 aromatic heterocycles. The molecule has 0 spiro atoms. The normalized spacial score (nSPS) is 24.1. The van der Waals surface area contributed by atoms with E-state index in [2.05, 4.69) is 10.2 Å². The Morgan fingerprint density at radius 2 is 2.18 bits per heavy atom. The fourth-order valence-corrected chi connectivity index (χ4v) is 3.66. The Kier molecular flexibility index (Phi) is 3.62. The average Bonchev–Trinajstić information content (AvgIpc) is 2.77. The zero-order valence-electron chi connectivity index (χ0n) is 11.5. The number of halogens is 1. The fourth-order valence-electron chi connectivity index (χ4n) is 2.88. The van der Waals surface area contributed by atoms with Gasteiger partial charge in [0.2, 0.25) is 0 Å². The second kappa shape index (κ2) is 5.21. The highest BCUT2D eigenvalue weighted by atomic mass is 35.5. The van der Waals surface area contributed by atoms with E-state index >= 15 is 0 Å². The lowest BCUT2D eigenvalue weighted by Crippen LogP contribution is -2.48. The lowest BCUT2D eigenvalue weighted by Gasteiger charge is -2.37. The monoisotopic (exact) mass is 348 g/mol. The van der Waals surface area contributed by atoms with Crippen molar-refractivity contribution in [3.63, 3.8) is 0 Å². The minimum atomic E-state index is -3.58. The van der Waals surface area contributed by atoms with Gasteiger partial charge >= 0.3 is 6.09 Å². The number of nitrogens with zero attached hydrogens (tertiary/aromatic N) is 4. The Balaban J connectivity index is 1.95. The lowest BCUT2D eigenvalue weighted by atomic mass is 10.1. The number of fused-ring (bicyclic) bond motifs is 3. The number of anilines is 2. The molecule has 1 fully saturated rings. The van der Waals surface area contributed by atoms with Gasteiger partial charge in [-0.3, -0.25) is 9.08 Å². The van der Waals surface area contributed by atoms with E-state index in [1.165, 1.54) is 6.07 Å². The van der Waals surface area contributed by atoms with E-state index in [1.54, 1.807) is 0 Å². The van der Waals surface area contributed by atoms with Gasteiger partial charge in [-0.1, -0.05) is 11.6 Å². The van der Waals surface area contributed by atoms with Gasteiger partial charge in [0.25, 0.3) is 10.1 Å². The van der Waals surface area contributed by atoms with Crippen molar-refractivity contribution in [2.75, 3.05) is 29.1 Å². The van der Waals surface area contributed by atoms with Crippen LogP contribution in [0.1, 0.15) is 6.42 Å². The predicted octanol–water partition coefficient (Wildman–Crippen LogP) is 0.552. The molecule has 0 aromatic carbocycles. The molecule has 0 saturated carbocycles. The molecular formula is C11H13ClN4O5S. The number of rotatable bonds is 2. The van der Waals surface area contributed by atoms with Crippen molar-refractivity contribution in [1.82, 2.24) is 10.2 Å². The van der Waals surface area contributed by atoms with Crippen molar-refractivity contribution in [3.8, 4) is 0 Å². The van der Waals surface area contributed by atoms with Gasteiger partial charge in [-0.15, -0.1) is 10.2 Å². The first kappa shape index (κ1) is 15.3. The Labute approximate surface area is 131 Å². The summed E-state index contributed by atoms with van der Waals surface area (Å²) in [6, 6.07) is 1.32. The summed E-state index contributed by atoms with van der Waals surface area (Å²) in [5, 5.41) is 17.0. The Bertz CT molecular complexity index is 727. The molecule has 2 aliphatic rings. The van der Waals surface area contributed by atoms with Crippen LogP contribution in [0, 0.1) is 0 Å². The second-order valence-electron chi connectivity index (χ2n) is 5.23. The van der Waals surface area contributed by atoms with Gasteiger partial charge in [0, 0.05) is 12.6 Å². The molecule has 1 N–H and O–H groups in total. The molecule has 11 heteroatoms. The first-order valence-electron chi connectivity index (χ1n) is 6.43. The van der Waals surface area contributed by atoms with E-state index in [9.17, 15) is 18.3 Å². The SMILES string of the molecule is CS(=O)(=O)O[C@H]1C[C@@H]2CN(C(=O)O)c3nnc(Cl)cc3N2C1. The van der Waals surface area contributed by atoms with E-state index < -0.39 is 22.3 Å². The summed E-state index contributed by atoms with van der Waals surface area (Å²) in [5.74, 6) is 0.188. The topological polar surface area (TPSA) is 113 Å². The van der Waals surface area contributed by atoms with Gasteiger partial charge in [-0.25, -0.2) is 4.79 Å². The van der Waals surface area contributed by atoms with Crippen molar-refractivity contribution in [2.45, 2.75) is 18.6 Å². The van der Waals surface area contributed by atoms with Gasteiger partial charge in [0.15, 0.2) is 11.0 Å². The van der Waals surface area contributed by atoms with Crippen LogP contribution in [0.5, 0.6) is 0 Å². The highest BCUT2D eigenvalue weighted by Gasteiger charge is 2.42. The number of aromatic nitrogens is 2. The summed E-state index contributed by atoms with van der Waals surface area (Å²) in [6.07, 6.45) is -0.293. The van der Waals surface area contributed by atoms with Crippen molar-refractivity contribution >= 4 is 39.3 Å².